The predicted molar refractivity (Wildman–Crippen MR) is 69.8 cm³/mol. The second-order valence-electron chi connectivity index (χ2n) is 5.07. The molecule has 1 aromatic rings. The summed E-state index contributed by atoms with van der Waals surface area (Å²) in [7, 11) is 0. The minimum atomic E-state index is -0.612. The number of hydrogen-bond acceptors (Lipinski definition) is 4. The molecule has 0 amide bonds. The molecule has 0 bridgehead atoms. The van der Waals surface area contributed by atoms with Crippen LogP contribution < -0.4 is 11.1 Å². The number of aromatic nitrogens is 1. The summed E-state index contributed by atoms with van der Waals surface area (Å²) in [5.41, 5.74) is 5.52. The Hall–Kier alpha value is -1.38. The van der Waals surface area contributed by atoms with E-state index >= 15 is 0 Å². The van der Waals surface area contributed by atoms with Gasteiger partial charge in [0.1, 0.15) is 11.2 Å². The molecule has 18 heavy (non-hydrogen) atoms. The lowest BCUT2D eigenvalue weighted by Gasteiger charge is -2.30. The van der Waals surface area contributed by atoms with Crippen molar-refractivity contribution < 1.29 is 4.39 Å². The molecule has 0 aliphatic carbocycles. The van der Waals surface area contributed by atoms with E-state index in [0.717, 1.165) is 6.07 Å². The van der Waals surface area contributed by atoms with Gasteiger partial charge in [0.15, 0.2) is 11.6 Å². The Balaban J connectivity index is 3.05. The quantitative estimate of drug-likeness (QED) is 0.828. The summed E-state index contributed by atoms with van der Waals surface area (Å²) in [6.07, 6.45) is 0. The largest absolute Gasteiger partial charge is 0.363 e. The van der Waals surface area contributed by atoms with E-state index in [1.54, 1.807) is 6.07 Å². The van der Waals surface area contributed by atoms with E-state index in [0.29, 0.717) is 6.54 Å². The Bertz CT molecular complexity index is 476. The van der Waals surface area contributed by atoms with Crippen LogP contribution in [0.4, 0.5) is 10.2 Å². The average molecular weight is 271 g/mol. The summed E-state index contributed by atoms with van der Waals surface area (Å²) in [4.78, 5) is 3.85. The van der Waals surface area contributed by atoms with E-state index < -0.39 is 5.82 Å². The first-order chi connectivity index (χ1) is 8.29. The fourth-order valence-corrected chi connectivity index (χ4v) is 1.62. The van der Waals surface area contributed by atoms with Crippen LogP contribution >= 0.6 is 11.6 Å². The fourth-order valence-electron chi connectivity index (χ4n) is 1.44. The fraction of sp³-hybridized carbons (Fsp3) is 0.500. The van der Waals surface area contributed by atoms with Crippen molar-refractivity contribution in [2.75, 3.05) is 11.9 Å². The third kappa shape index (κ3) is 3.31. The van der Waals surface area contributed by atoms with Crippen LogP contribution in [0.5, 0.6) is 0 Å². The zero-order valence-electron chi connectivity index (χ0n) is 10.6. The maximum atomic E-state index is 13.7. The van der Waals surface area contributed by atoms with Crippen molar-refractivity contribution in [2.45, 2.75) is 26.8 Å². The Morgan fingerprint density at radius 1 is 1.61 bits per heavy atom. The van der Waals surface area contributed by atoms with Gasteiger partial charge in [0, 0.05) is 12.6 Å². The molecule has 4 nitrogen and oxygen atoms in total. The van der Waals surface area contributed by atoms with Gasteiger partial charge >= 0.3 is 0 Å². The van der Waals surface area contributed by atoms with Crippen LogP contribution in [-0.2, 0) is 0 Å². The van der Waals surface area contributed by atoms with Crippen molar-refractivity contribution in [1.29, 1.82) is 5.26 Å². The maximum absolute atomic E-state index is 13.7. The third-order valence-corrected chi connectivity index (χ3v) is 2.93. The van der Waals surface area contributed by atoms with Gasteiger partial charge in [-0.05, 0) is 11.5 Å². The van der Waals surface area contributed by atoms with Crippen molar-refractivity contribution in [1.82, 2.24) is 4.98 Å². The smallest absolute Gasteiger partial charge is 0.166 e. The maximum Gasteiger partial charge on any atom is 0.166 e. The molecule has 98 valence electrons. The monoisotopic (exact) mass is 270 g/mol. The number of rotatable bonds is 3. The van der Waals surface area contributed by atoms with Crippen LogP contribution in [0.3, 0.4) is 0 Å². The number of nitrogens with two attached hydrogens (primary N) is 1. The van der Waals surface area contributed by atoms with Gasteiger partial charge < -0.3 is 11.1 Å². The summed E-state index contributed by atoms with van der Waals surface area (Å²) in [5.74, 6) is -0.594. The molecule has 0 radical (unpaired) electrons. The number of anilines is 1. The van der Waals surface area contributed by atoms with Gasteiger partial charge in [-0.3, -0.25) is 0 Å². The van der Waals surface area contributed by atoms with E-state index in [1.807, 2.05) is 20.8 Å². The number of hydrogen-bond donors (Lipinski definition) is 2. The molecule has 0 aromatic carbocycles. The first-order valence-electron chi connectivity index (χ1n) is 5.52. The third-order valence-electron chi connectivity index (χ3n) is 2.64. The molecule has 1 unspecified atom stereocenters. The zero-order valence-corrected chi connectivity index (χ0v) is 11.3. The van der Waals surface area contributed by atoms with Gasteiger partial charge in [0.05, 0.1) is 5.56 Å². The van der Waals surface area contributed by atoms with E-state index in [2.05, 4.69) is 10.3 Å². The number of nitrogens with zero attached hydrogens (tertiary/aromatic N) is 2. The van der Waals surface area contributed by atoms with Crippen LogP contribution in [0.1, 0.15) is 26.3 Å². The number of nitrogens with one attached hydrogen (secondary N) is 1. The minimum Gasteiger partial charge on any atom is -0.363 e. The lowest BCUT2D eigenvalue weighted by atomic mass is 9.87. The highest BCUT2D eigenvalue weighted by molar-refractivity contribution is 6.30. The van der Waals surface area contributed by atoms with Crippen molar-refractivity contribution >= 4 is 17.4 Å². The molecule has 0 aliphatic rings. The molecule has 6 heteroatoms. The molecule has 0 aliphatic heterocycles. The van der Waals surface area contributed by atoms with E-state index in [1.165, 1.54) is 0 Å². The molecule has 0 spiro atoms. The number of pyridine rings is 1. The van der Waals surface area contributed by atoms with E-state index in [-0.39, 0.29) is 28.0 Å². The van der Waals surface area contributed by atoms with Crippen molar-refractivity contribution in [3.8, 4) is 6.07 Å². The zero-order chi connectivity index (χ0) is 13.9. The van der Waals surface area contributed by atoms with Gasteiger partial charge in [-0.25, -0.2) is 9.37 Å². The molecule has 3 N–H and O–H groups in total. The molecule has 1 aromatic heterocycles. The first kappa shape index (κ1) is 14.7. The van der Waals surface area contributed by atoms with Crippen LogP contribution in [0.2, 0.25) is 5.15 Å². The van der Waals surface area contributed by atoms with Gasteiger partial charge in [0.25, 0.3) is 0 Å². The van der Waals surface area contributed by atoms with Crippen LogP contribution in [0.25, 0.3) is 0 Å². The summed E-state index contributed by atoms with van der Waals surface area (Å²) in [5, 5.41) is 11.6. The molecular formula is C12H16ClFN4. The molecular weight excluding hydrogens is 255 g/mol. The second-order valence-corrected chi connectivity index (χ2v) is 5.43. The Kier molecular flexibility index (Phi) is 4.49. The van der Waals surface area contributed by atoms with Gasteiger partial charge in [-0.15, -0.1) is 0 Å². The Labute approximate surface area is 111 Å². The lowest BCUT2D eigenvalue weighted by Crippen LogP contribution is -2.40. The summed E-state index contributed by atoms with van der Waals surface area (Å²) >= 11 is 5.77. The van der Waals surface area contributed by atoms with Gasteiger partial charge in [-0.1, -0.05) is 32.4 Å². The lowest BCUT2D eigenvalue weighted by molar-refractivity contribution is 0.344. The molecule has 1 heterocycles. The van der Waals surface area contributed by atoms with E-state index in [4.69, 9.17) is 22.6 Å². The Morgan fingerprint density at radius 2 is 2.22 bits per heavy atom. The first-order valence-corrected chi connectivity index (χ1v) is 5.90. The average Bonchev–Trinajstić information content (AvgIpc) is 2.27. The summed E-state index contributed by atoms with van der Waals surface area (Å²) in [6.45, 7) is 6.30. The summed E-state index contributed by atoms with van der Waals surface area (Å²) in [6, 6.07) is 2.69. The number of halogens is 2. The topological polar surface area (TPSA) is 74.7 Å². The van der Waals surface area contributed by atoms with Crippen molar-refractivity contribution in [3.63, 3.8) is 0 Å². The normalized spacial score (nSPS) is 12.9. The Morgan fingerprint density at radius 3 is 2.67 bits per heavy atom. The van der Waals surface area contributed by atoms with E-state index in [9.17, 15) is 4.39 Å². The van der Waals surface area contributed by atoms with Gasteiger partial charge in [-0.2, -0.15) is 5.26 Å². The van der Waals surface area contributed by atoms with Gasteiger partial charge in [0.2, 0.25) is 0 Å². The highest BCUT2D eigenvalue weighted by Gasteiger charge is 2.24. The van der Waals surface area contributed by atoms with Crippen LogP contribution in [0, 0.1) is 22.6 Å². The standard InChI is InChI=1S/C12H16ClFN4/c1-12(2,3)9(6-16)17-11-8(14)4-7(5-15)10(13)18-11/h4,9H,6,16H2,1-3H3,(H,17,18). The molecule has 0 saturated carbocycles. The minimum absolute atomic E-state index is 0.0137. The summed E-state index contributed by atoms with van der Waals surface area (Å²) < 4.78 is 13.7. The molecule has 0 saturated heterocycles. The molecule has 1 rings (SSSR count). The predicted octanol–water partition coefficient (Wildman–Crippen LogP) is 2.53. The SMILES string of the molecule is CC(C)(C)C(CN)Nc1nc(Cl)c(C#N)cc1F. The van der Waals surface area contributed by atoms with Crippen molar-refractivity contribution in [2.24, 2.45) is 11.1 Å². The van der Waals surface area contributed by atoms with Crippen LogP contribution in [0.15, 0.2) is 6.07 Å². The van der Waals surface area contributed by atoms with Crippen molar-refractivity contribution in [3.05, 3.63) is 22.6 Å². The highest BCUT2D eigenvalue weighted by atomic mass is 35.5. The highest BCUT2D eigenvalue weighted by Crippen LogP contribution is 2.25. The second kappa shape index (κ2) is 5.51. The molecule has 0 fully saturated rings. The van der Waals surface area contributed by atoms with Crippen LogP contribution in [-0.4, -0.2) is 17.6 Å². The number of nitriles is 1. The molecule has 1 atom stereocenters.